The molecule has 0 saturated carbocycles. The highest BCUT2D eigenvalue weighted by atomic mass is 32.2. The number of sulfonamides is 1. The van der Waals surface area contributed by atoms with Crippen LogP contribution in [0.15, 0.2) is 77.7 Å². The van der Waals surface area contributed by atoms with E-state index in [1.54, 1.807) is 55.1 Å². The van der Waals surface area contributed by atoms with Gasteiger partial charge in [0.25, 0.3) is 15.9 Å². The molecule has 4 rings (SSSR count). The molecule has 0 radical (unpaired) electrons. The number of carbonyl (C=O) groups excluding carboxylic acids is 2. The SMILES string of the molecule is CCN(c1ccccc1)S(=O)(=O)c1cc(C(=O)NCc2ccc(N3CCCC3=O)cc2)ccc1C. The molecule has 0 bridgehead atoms. The summed E-state index contributed by atoms with van der Waals surface area (Å²) in [4.78, 5) is 26.7. The number of nitrogens with one attached hydrogen (secondary N) is 1. The molecule has 182 valence electrons. The van der Waals surface area contributed by atoms with Gasteiger partial charge < -0.3 is 10.2 Å². The van der Waals surface area contributed by atoms with Gasteiger partial charge in [0.2, 0.25) is 5.91 Å². The molecule has 1 saturated heterocycles. The normalized spacial score (nSPS) is 13.7. The highest BCUT2D eigenvalue weighted by molar-refractivity contribution is 7.92. The van der Waals surface area contributed by atoms with Gasteiger partial charge in [-0.3, -0.25) is 13.9 Å². The second-order valence-corrected chi connectivity index (χ2v) is 10.3. The molecule has 0 spiro atoms. The fraction of sp³-hybridized carbons (Fsp3) is 0.259. The summed E-state index contributed by atoms with van der Waals surface area (Å²) in [6.45, 7) is 4.78. The zero-order valence-corrected chi connectivity index (χ0v) is 20.7. The van der Waals surface area contributed by atoms with E-state index >= 15 is 0 Å². The van der Waals surface area contributed by atoms with Gasteiger partial charge >= 0.3 is 0 Å². The summed E-state index contributed by atoms with van der Waals surface area (Å²) in [6.07, 6.45) is 1.44. The number of benzene rings is 3. The predicted octanol–water partition coefficient (Wildman–Crippen LogP) is 4.27. The fourth-order valence-electron chi connectivity index (χ4n) is 4.22. The van der Waals surface area contributed by atoms with E-state index in [4.69, 9.17) is 0 Å². The van der Waals surface area contributed by atoms with Crippen molar-refractivity contribution in [3.05, 3.63) is 89.5 Å². The lowest BCUT2D eigenvalue weighted by Crippen LogP contribution is -2.31. The average molecular weight is 492 g/mol. The number of hydrogen-bond acceptors (Lipinski definition) is 4. The first kappa shape index (κ1) is 24.5. The average Bonchev–Trinajstić information content (AvgIpc) is 3.29. The van der Waals surface area contributed by atoms with Crippen LogP contribution in [0.25, 0.3) is 0 Å². The monoisotopic (exact) mass is 491 g/mol. The number of para-hydroxylation sites is 1. The summed E-state index contributed by atoms with van der Waals surface area (Å²) in [5, 5.41) is 2.86. The molecule has 0 unspecified atom stereocenters. The minimum atomic E-state index is -3.85. The van der Waals surface area contributed by atoms with Crippen LogP contribution < -0.4 is 14.5 Å². The number of rotatable bonds is 8. The van der Waals surface area contributed by atoms with Crippen molar-refractivity contribution in [2.75, 3.05) is 22.3 Å². The van der Waals surface area contributed by atoms with Crippen molar-refractivity contribution in [1.29, 1.82) is 0 Å². The van der Waals surface area contributed by atoms with Crippen molar-refractivity contribution in [1.82, 2.24) is 5.32 Å². The molecule has 1 fully saturated rings. The zero-order valence-electron chi connectivity index (χ0n) is 19.9. The first-order chi connectivity index (χ1) is 16.8. The molecule has 1 aliphatic heterocycles. The summed E-state index contributed by atoms with van der Waals surface area (Å²) >= 11 is 0. The molecule has 2 amide bonds. The summed E-state index contributed by atoms with van der Waals surface area (Å²) < 4.78 is 28.3. The largest absolute Gasteiger partial charge is 0.348 e. The third-order valence-corrected chi connectivity index (χ3v) is 8.17. The number of aryl methyl sites for hydroxylation is 1. The predicted molar refractivity (Wildman–Crippen MR) is 137 cm³/mol. The summed E-state index contributed by atoms with van der Waals surface area (Å²) in [6, 6.07) is 21.2. The minimum absolute atomic E-state index is 0.107. The van der Waals surface area contributed by atoms with Crippen LogP contribution in [0.3, 0.4) is 0 Å². The Kier molecular flexibility index (Phi) is 7.21. The Labute approximate surface area is 206 Å². The van der Waals surface area contributed by atoms with Gasteiger partial charge in [0.15, 0.2) is 0 Å². The molecule has 0 aliphatic carbocycles. The van der Waals surface area contributed by atoms with Crippen molar-refractivity contribution < 1.29 is 18.0 Å². The minimum Gasteiger partial charge on any atom is -0.348 e. The maximum atomic E-state index is 13.5. The third kappa shape index (κ3) is 5.22. The quantitative estimate of drug-likeness (QED) is 0.510. The van der Waals surface area contributed by atoms with E-state index in [0.717, 1.165) is 24.2 Å². The molecular weight excluding hydrogens is 462 g/mol. The van der Waals surface area contributed by atoms with E-state index in [0.29, 0.717) is 17.7 Å². The van der Waals surface area contributed by atoms with Crippen LogP contribution in [0.2, 0.25) is 0 Å². The number of anilines is 2. The Morgan fingerprint density at radius 2 is 1.74 bits per heavy atom. The lowest BCUT2D eigenvalue weighted by molar-refractivity contribution is -0.117. The number of amides is 2. The van der Waals surface area contributed by atoms with Gasteiger partial charge in [0.1, 0.15) is 0 Å². The third-order valence-electron chi connectivity index (χ3n) is 6.12. The van der Waals surface area contributed by atoms with Crippen molar-refractivity contribution in [2.24, 2.45) is 0 Å². The molecule has 0 aromatic heterocycles. The molecule has 7 nitrogen and oxygen atoms in total. The van der Waals surface area contributed by atoms with E-state index in [-0.39, 0.29) is 35.4 Å². The van der Waals surface area contributed by atoms with Crippen LogP contribution in [0, 0.1) is 6.92 Å². The van der Waals surface area contributed by atoms with Gasteiger partial charge in [-0.05, 0) is 67.8 Å². The number of carbonyl (C=O) groups is 2. The van der Waals surface area contributed by atoms with E-state index in [1.165, 1.54) is 10.4 Å². The zero-order chi connectivity index (χ0) is 25.0. The van der Waals surface area contributed by atoms with Gasteiger partial charge in [-0.2, -0.15) is 0 Å². The fourth-order valence-corrected chi connectivity index (χ4v) is 5.95. The molecular formula is C27H29N3O4S. The Balaban J connectivity index is 1.49. The molecule has 35 heavy (non-hydrogen) atoms. The summed E-state index contributed by atoms with van der Waals surface area (Å²) in [5.74, 6) is -0.229. The lowest BCUT2D eigenvalue weighted by Gasteiger charge is -2.24. The Hall–Kier alpha value is -3.65. The Morgan fingerprint density at radius 1 is 1.03 bits per heavy atom. The van der Waals surface area contributed by atoms with E-state index < -0.39 is 10.0 Å². The first-order valence-corrected chi connectivity index (χ1v) is 13.1. The maximum Gasteiger partial charge on any atom is 0.264 e. The van der Waals surface area contributed by atoms with Crippen LogP contribution >= 0.6 is 0 Å². The summed E-state index contributed by atoms with van der Waals surface area (Å²) in [5.41, 5.74) is 3.16. The molecule has 8 heteroatoms. The lowest BCUT2D eigenvalue weighted by atomic mass is 10.1. The number of hydrogen-bond donors (Lipinski definition) is 1. The van der Waals surface area contributed by atoms with Crippen LogP contribution in [0.4, 0.5) is 11.4 Å². The molecule has 1 N–H and O–H groups in total. The molecule has 0 atom stereocenters. The summed E-state index contributed by atoms with van der Waals surface area (Å²) in [7, 11) is -3.85. The Morgan fingerprint density at radius 3 is 2.37 bits per heavy atom. The second kappa shape index (κ2) is 10.3. The van der Waals surface area contributed by atoms with Crippen molar-refractivity contribution in [2.45, 2.75) is 38.1 Å². The standard InChI is InChI=1S/C27H29N3O4S/c1-3-30(24-8-5-4-6-9-24)35(33,34)25-18-22(14-11-20(25)2)27(32)28-19-21-12-15-23(16-13-21)29-17-7-10-26(29)31/h4-6,8-9,11-16,18H,3,7,10,17,19H2,1-2H3,(H,28,32). The smallest absolute Gasteiger partial charge is 0.264 e. The molecule has 3 aromatic carbocycles. The van der Waals surface area contributed by atoms with Crippen molar-refractivity contribution in [3.8, 4) is 0 Å². The van der Waals surface area contributed by atoms with E-state index in [1.807, 2.05) is 30.3 Å². The van der Waals surface area contributed by atoms with Crippen molar-refractivity contribution in [3.63, 3.8) is 0 Å². The van der Waals surface area contributed by atoms with E-state index in [2.05, 4.69) is 5.32 Å². The Bertz CT molecular complexity index is 1320. The van der Waals surface area contributed by atoms with Gasteiger partial charge in [-0.25, -0.2) is 8.42 Å². The molecule has 3 aromatic rings. The highest BCUT2D eigenvalue weighted by Crippen LogP contribution is 2.26. The van der Waals surface area contributed by atoms with Crippen LogP contribution in [-0.2, 0) is 21.4 Å². The van der Waals surface area contributed by atoms with Gasteiger partial charge in [-0.15, -0.1) is 0 Å². The second-order valence-electron chi connectivity index (χ2n) is 8.48. The number of nitrogens with zero attached hydrogens (tertiary/aromatic N) is 2. The van der Waals surface area contributed by atoms with Gasteiger partial charge in [0.05, 0.1) is 10.6 Å². The van der Waals surface area contributed by atoms with Crippen molar-refractivity contribution >= 4 is 33.2 Å². The molecule has 1 aliphatic rings. The topological polar surface area (TPSA) is 86.8 Å². The van der Waals surface area contributed by atoms with Gasteiger partial charge in [-0.1, -0.05) is 36.4 Å². The first-order valence-electron chi connectivity index (χ1n) is 11.7. The van der Waals surface area contributed by atoms with Gasteiger partial charge in [0, 0.05) is 37.3 Å². The van der Waals surface area contributed by atoms with E-state index in [9.17, 15) is 18.0 Å². The highest BCUT2D eigenvalue weighted by Gasteiger charge is 2.26. The molecule has 1 heterocycles. The van der Waals surface area contributed by atoms with Crippen LogP contribution in [0.1, 0.15) is 41.3 Å². The maximum absolute atomic E-state index is 13.5. The van der Waals surface area contributed by atoms with Crippen LogP contribution in [0.5, 0.6) is 0 Å². The van der Waals surface area contributed by atoms with Crippen LogP contribution in [-0.4, -0.2) is 33.3 Å².